The molecule has 0 unspecified atom stereocenters. The van der Waals surface area contributed by atoms with Crippen LogP contribution in [0.2, 0.25) is 0 Å². The van der Waals surface area contributed by atoms with Crippen LogP contribution in [0.3, 0.4) is 0 Å². The van der Waals surface area contributed by atoms with Crippen LogP contribution in [-0.2, 0) is 11.2 Å². The molecule has 0 aliphatic heterocycles. The molecule has 1 aromatic carbocycles. The third kappa shape index (κ3) is 5.04. The van der Waals surface area contributed by atoms with Crippen LogP contribution in [0.1, 0.15) is 23.0 Å². The molecule has 8 nitrogen and oxygen atoms in total. The maximum atomic E-state index is 12.3. The minimum atomic E-state index is -0.396. The van der Waals surface area contributed by atoms with Gasteiger partial charge in [-0.1, -0.05) is 12.1 Å². The van der Waals surface area contributed by atoms with Crippen LogP contribution in [0, 0.1) is 0 Å². The van der Waals surface area contributed by atoms with Crippen molar-refractivity contribution in [1.29, 1.82) is 0 Å². The van der Waals surface area contributed by atoms with Gasteiger partial charge in [-0.3, -0.25) is 19.7 Å². The number of aromatic nitrogens is 2. The van der Waals surface area contributed by atoms with Gasteiger partial charge >= 0.3 is 0 Å². The number of ether oxygens (including phenoxy) is 1. The van der Waals surface area contributed by atoms with E-state index >= 15 is 0 Å². The van der Waals surface area contributed by atoms with Crippen molar-refractivity contribution in [3.8, 4) is 5.75 Å². The highest BCUT2D eigenvalue weighted by molar-refractivity contribution is 7.14. The summed E-state index contributed by atoms with van der Waals surface area (Å²) in [4.78, 5) is 42.2. The number of pyridine rings is 1. The topological polar surface area (TPSA) is 113 Å². The van der Waals surface area contributed by atoms with Gasteiger partial charge in [0, 0.05) is 17.6 Å². The van der Waals surface area contributed by atoms with Crippen molar-refractivity contribution < 1.29 is 14.3 Å². The Morgan fingerprint density at radius 2 is 2.00 bits per heavy atom. The van der Waals surface area contributed by atoms with E-state index < -0.39 is 5.91 Å². The molecule has 0 aliphatic carbocycles. The van der Waals surface area contributed by atoms with E-state index in [1.54, 1.807) is 17.5 Å². The molecule has 2 heterocycles. The molecule has 0 aliphatic rings. The van der Waals surface area contributed by atoms with Crippen molar-refractivity contribution in [2.75, 3.05) is 17.2 Å². The number of hydrogen-bond donors (Lipinski definition) is 3. The Balaban J connectivity index is 1.60. The number of nitrogens with zero attached hydrogens (tertiary/aromatic N) is 1. The van der Waals surface area contributed by atoms with E-state index in [9.17, 15) is 14.4 Å². The predicted octanol–water partition coefficient (Wildman–Crippen LogP) is 2.66. The number of carbonyl (C=O) groups is 2. The van der Waals surface area contributed by atoms with Crippen molar-refractivity contribution in [1.82, 2.24) is 9.97 Å². The average molecular weight is 398 g/mol. The highest BCUT2D eigenvalue weighted by Gasteiger charge is 2.13. The number of rotatable bonds is 7. The van der Waals surface area contributed by atoms with Crippen LogP contribution in [0.4, 0.5) is 10.8 Å². The first-order valence-electron chi connectivity index (χ1n) is 8.51. The van der Waals surface area contributed by atoms with Crippen LogP contribution >= 0.6 is 11.3 Å². The van der Waals surface area contributed by atoms with Crippen LogP contribution in [-0.4, -0.2) is 28.4 Å². The summed E-state index contributed by atoms with van der Waals surface area (Å²) < 4.78 is 5.49. The third-order valence-electron chi connectivity index (χ3n) is 3.62. The number of amides is 2. The standard InChI is InChI=1S/C19H18N4O4S/c1-2-27-15-6-4-3-5-14(15)22-17(25)9-13-11-28-19(21-13)23-18(26)12-7-8-16(24)20-10-12/h3-8,10-11H,2,9H2,1H3,(H,20,24)(H,22,25)(H,21,23,26). The molecule has 3 aromatic rings. The number of H-pyrrole nitrogens is 1. The van der Waals surface area contributed by atoms with Crippen molar-refractivity contribution >= 4 is 34.0 Å². The molecule has 9 heteroatoms. The molecule has 3 N–H and O–H groups in total. The van der Waals surface area contributed by atoms with Crippen LogP contribution in [0.25, 0.3) is 0 Å². The van der Waals surface area contributed by atoms with Gasteiger partial charge in [-0.15, -0.1) is 11.3 Å². The second kappa shape index (κ2) is 8.96. The van der Waals surface area contributed by atoms with E-state index in [0.717, 1.165) is 0 Å². The average Bonchev–Trinajstić information content (AvgIpc) is 3.10. The highest BCUT2D eigenvalue weighted by Crippen LogP contribution is 2.24. The second-order valence-corrected chi connectivity index (χ2v) is 6.55. The van der Waals surface area contributed by atoms with Gasteiger partial charge in [0.15, 0.2) is 5.13 Å². The van der Waals surface area contributed by atoms with E-state index in [0.29, 0.717) is 34.4 Å². The van der Waals surface area contributed by atoms with Crippen molar-refractivity contribution in [2.24, 2.45) is 0 Å². The lowest BCUT2D eigenvalue weighted by Crippen LogP contribution is -2.16. The first-order chi connectivity index (χ1) is 13.5. The first kappa shape index (κ1) is 19.3. The van der Waals surface area contributed by atoms with Gasteiger partial charge < -0.3 is 15.0 Å². The maximum Gasteiger partial charge on any atom is 0.258 e. The van der Waals surface area contributed by atoms with Gasteiger partial charge in [0.1, 0.15) is 5.75 Å². The number of thiazole rings is 1. The second-order valence-electron chi connectivity index (χ2n) is 5.69. The van der Waals surface area contributed by atoms with Gasteiger partial charge in [0.25, 0.3) is 5.91 Å². The molecule has 2 aromatic heterocycles. The normalized spacial score (nSPS) is 10.3. The zero-order chi connectivity index (χ0) is 19.9. The molecule has 144 valence electrons. The Morgan fingerprint density at radius 1 is 1.18 bits per heavy atom. The lowest BCUT2D eigenvalue weighted by atomic mass is 10.2. The van der Waals surface area contributed by atoms with E-state index in [2.05, 4.69) is 20.6 Å². The Morgan fingerprint density at radius 3 is 2.75 bits per heavy atom. The lowest BCUT2D eigenvalue weighted by molar-refractivity contribution is -0.115. The summed E-state index contributed by atoms with van der Waals surface area (Å²) in [5, 5.41) is 7.52. The van der Waals surface area contributed by atoms with Gasteiger partial charge in [0.2, 0.25) is 11.5 Å². The Kier molecular flexibility index (Phi) is 6.18. The third-order valence-corrected chi connectivity index (χ3v) is 4.43. The van der Waals surface area contributed by atoms with Crippen molar-refractivity contribution in [3.05, 3.63) is 69.6 Å². The van der Waals surface area contributed by atoms with Gasteiger partial charge in [-0.25, -0.2) is 4.98 Å². The number of carbonyl (C=O) groups excluding carboxylic acids is 2. The molecule has 0 atom stereocenters. The largest absolute Gasteiger partial charge is 0.492 e. The summed E-state index contributed by atoms with van der Waals surface area (Å²) in [6.07, 6.45) is 1.39. The molecule has 3 rings (SSSR count). The fourth-order valence-corrected chi connectivity index (χ4v) is 3.08. The highest BCUT2D eigenvalue weighted by atomic mass is 32.1. The van der Waals surface area contributed by atoms with Crippen LogP contribution in [0.15, 0.2) is 52.8 Å². The number of nitrogens with one attached hydrogen (secondary N) is 3. The van der Waals surface area contributed by atoms with Gasteiger partial charge in [-0.2, -0.15) is 0 Å². The summed E-state index contributed by atoms with van der Waals surface area (Å²) in [5.41, 5.74) is 1.15. The van der Waals surface area contributed by atoms with Gasteiger partial charge in [-0.05, 0) is 25.1 Å². The van der Waals surface area contributed by atoms with Gasteiger partial charge in [0.05, 0.1) is 30.0 Å². The minimum absolute atomic E-state index is 0.0610. The zero-order valence-corrected chi connectivity index (χ0v) is 15.8. The number of aromatic amines is 1. The monoisotopic (exact) mass is 398 g/mol. The summed E-state index contributed by atoms with van der Waals surface area (Å²) >= 11 is 1.22. The van der Waals surface area contributed by atoms with Crippen LogP contribution < -0.4 is 20.9 Å². The fourth-order valence-electron chi connectivity index (χ4n) is 2.38. The minimum Gasteiger partial charge on any atom is -0.492 e. The number of anilines is 2. The molecule has 0 saturated heterocycles. The molecule has 0 fully saturated rings. The molecule has 0 radical (unpaired) electrons. The molecule has 0 bridgehead atoms. The summed E-state index contributed by atoms with van der Waals surface area (Å²) in [6, 6.07) is 9.88. The zero-order valence-electron chi connectivity index (χ0n) is 15.0. The molecule has 28 heavy (non-hydrogen) atoms. The maximum absolute atomic E-state index is 12.3. The number of para-hydroxylation sites is 2. The number of benzene rings is 1. The molecule has 0 spiro atoms. The summed E-state index contributed by atoms with van der Waals surface area (Å²) in [6.45, 7) is 2.37. The number of hydrogen-bond acceptors (Lipinski definition) is 6. The SMILES string of the molecule is CCOc1ccccc1NC(=O)Cc1csc(NC(=O)c2ccc(=O)[nH]c2)n1. The molecular weight excluding hydrogens is 380 g/mol. The molecule has 2 amide bonds. The fraction of sp³-hybridized carbons (Fsp3) is 0.158. The predicted molar refractivity (Wildman–Crippen MR) is 107 cm³/mol. The summed E-state index contributed by atoms with van der Waals surface area (Å²) in [5.74, 6) is -0.0336. The summed E-state index contributed by atoms with van der Waals surface area (Å²) in [7, 11) is 0. The lowest BCUT2D eigenvalue weighted by Gasteiger charge is -2.10. The van der Waals surface area contributed by atoms with E-state index in [4.69, 9.17) is 4.74 Å². The van der Waals surface area contributed by atoms with Crippen LogP contribution in [0.5, 0.6) is 5.75 Å². The van der Waals surface area contributed by atoms with Crippen molar-refractivity contribution in [2.45, 2.75) is 13.3 Å². The Hall–Kier alpha value is -3.46. The molecular formula is C19H18N4O4S. The van der Waals surface area contributed by atoms with Crippen molar-refractivity contribution in [3.63, 3.8) is 0 Å². The van der Waals surface area contributed by atoms with E-state index in [1.165, 1.54) is 29.7 Å². The Bertz CT molecular complexity index is 1020. The van der Waals surface area contributed by atoms with E-state index in [1.807, 2.05) is 19.1 Å². The molecule has 0 saturated carbocycles. The smallest absolute Gasteiger partial charge is 0.258 e. The first-order valence-corrected chi connectivity index (χ1v) is 9.39. The quantitative estimate of drug-likeness (QED) is 0.566. The Labute approximate surface area is 164 Å². The van der Waals surface area contributed by atoms with E-state index in [-0.39, 0.29) is 17.9 Å².